The van der Waals surface area contributed by atoms with E-state index in [1.165, 1.54) is 26.4 Å². The number of carbonyl (C=O) groups is 1. The van der Waals surface area contributed by atoms with Crippen LogP contribution in [0.25, 0.3) is 0 Å². The minimum atomic E-state index is -0.444. The molecule has 20 heavy (non-hydrogen) atoms. The van der Waals surface area contributed by atoms with Gasteiger partial charge in [-0.25, -0.2) is 4.79 Å². The lowest BCUT2D eigenvalue weighted by Crippen LogP contribution is -2.33. The van der Waals surface area contributed by atoms with Crippen molar-refractivity contribution in [3.63, 3.8) is 0 Å². The van der Waals surface area contributed by atoms with Gasteiger partial charge in [-0.05, 0) is 48.9 Å². The summed E-state index contributed by atoms with van der Waals surface area (Å²) in [4.78, 5) is 11.1. The summed E-state index contributed by atoms with van der Waals surface area (Å²) in [6.45, 7) is 4.64. The van der Waals surface area contributed by atoms with Crippen molar-refractivity contribution in [2.45, 2.75) is 39.2 Å². The quantitative estimate of drug-likeness (QED) is 0.873. The number of hydrogen-bond acceptors (Lipinski definition) is 3. The molecule has 0 saturated heterocycles. The number of ether oxygens (including phenoxy) is 1. The van der Waals surface area contributed by atoms with E-state index in [1.54, 1.807) is 0 Å². The van der Waals surface area contributed by atoms with Crippen molar-refractivity contribution in [1.82, 2.24) is 0 Å². The van der Waals surface area contributed by atoms with Gasteiger partial charge in [-0.3, -0.25) is 5.32 Å². The fourth-order valence-corrected chi connectivity index (χ4v) is 2.77. The molecule has 0 radical (unpaired) electrons. The van der Waals surface area contributed by atoms with Crippen molar-refractivity contribution in [2.75, 3.05) is 17.7 Å². The first-order chi connectivity index (χ1) is 9.58. The van der Waals surface area contributed by atoms with Gasteiger partial charge in [-0.2, -0.15) is 0 Å². The number of methoxy groups -OCH3 is 1. The molecule has 1 aromatic carbocycles. The second kappa shape index (κ2) is 6.64. The Labute approximate surface area is 120 Å². The Balaban J connectivity index is 1.94. The average molecular weight is 276 g/mol. The van der Waals surface area contributed by atoms with Crippen LogP contribution in [0.5, 0.6) is 0 Å². The molecule has 4 heteroatoms. The number of benzene rings is 1. The van der Waals surface area contributed by atoms with E-state index in [0.29, 0.717) is 12.0 Å². The maximum atomic E-state index is 11.1. The van der Waals surface area contributed by atoms with Crippen LogP contribution in [0.1, 0.15) is 33.1 Å². The van der Waals surface area contributed by atoms with E-state index in [-0.39, 0.29) is 0 Å². The van der Waals surface area contributed by atoms with Crippen LogP contribution in [0.2, 0.25) is 0 Å². The van der Waals surface area contributed by atoms with Gasteiger partial charge in [0.05, 0.1) is 7.11 Å². The predicted molar refractivity (Wildman–Crippen MR) is 82.1 cm³/mol. The molecule has 1 aromatic rings. The molecule has 0 heterocycles. The summed E-state index contributed by atoms with van der Waals surface area (Å²) in [6, 6.07) is 8.30. The van der Waals surface area contributed by atoms with Gasteiger partial charge in [0.2, 0.25) is 0 Å². The van der Waals surface area contributed by atoms with Gasteiger partial charge in [0.1, 0.15) is 0 Å². The topological polar surface area (TPSA) is 50.4 Å². The molecule has 0 aromatic heterocycles. The molecule has 2 rings (SSSR count). The molecule has 0 bridgehead atoms. The largest absolute Gasteiger partial charge is 0.453 e. The molecule has 0 spiro atoms. The van der Waals surface area contributed by atoms with Crippen LogP contribution in [0, 0.1) is 11.8 Å². The lowest BCUT2D eigenvalue weighted by molar-refractivity contribution is 0.187. The SMILES string of the molecule is COC(=O)Nc1ccc(NC2CC(C)CCC2C)cc1. The standard InChI is InChI=1S/C16H24N2O2/c1-11-4-5-12(2)15(10-11)17-13-6-8-14(9-7-13)18-16(19)20-3/h6-9,11-12,15,17H,4-5,10H2,1-3H3,(H,18,19). The van der Waals surface area contributed by atoms with Crippen molar-refractivity contribution in [1.29, 1.82) is 0 Å². The fraction of sp³-hybridized carbons (Fsp3) is 0.562. The summed E-state index contributed by atoms with van der Waals surface area (Å²) >= 11 is 0. The molecule has 1 aliphatic carbocycles. The first kappa shape index (κ1) is 14.7. The zero-order valence-corrected chi connectivity index (χ0v) is 12.5. The van der Waals surface area contributed by atoms with E-state index >= 15 is 0 Å². The number of nitrogens with one attached hydrogen (secondary N) is 2. The smallest absolute Gasteiger partial charge is 0.411 e. The predicted octanol–water partition coefficient (Wildman–Crippen LogP) is 4.10. The zero-order chi connectivity index (χ0) is 14.5. The first-order valence-corrected chi connectivity index (χ1v) is 7.30. The molecule has 1 saturated carbocycles. The third-order valence-corrected chi connectivity index (χ3v) is 4.13. The van der Waals surface area contributed by atoms with E-state index in [4.69, 9.17) is 0 Å². The number of amides is 1. The van der Waals surface area contributed by atoms with Gasteiger partial charge < -0.3 is 10.1 Å². The molecule has 3 atom stereocenters. The lowest BCUT2D eigenvalue weighted by atomic mass is 9.80. The molecule has 1 amide bonds. The molecule has 2 N–H and O–H groups in total. The maximum absolute atomic E-state index is 11.1. The number of rotatable bonds is 3. The Hall–Kier alpha value is -1.71. The van der Waals surface area contributed by atoms with Crippen molar-refractivity contribution in [3.8, 4) is 0 Å². The van der Waals surface area contributed by atoms with Crippen molar-refractivity contribution >= 4 is 17.5 Å². The zero-order valence-electron chi connectivity index (χ0n) is 12.5. The fourth-order valence-electron chi connectivity index (χ4n) is 2.77. The van der Waals surface area contributed by atoms with Crippen LogP contribution in [0.4, 0.5) is 16.2 Å². The lowest BCUT2D eigenvalue weighted by Gasteiger charge is -2.34. The van der Waals surface area contributed by atoms with Crippen molar-refractivity contribution < 1.29 is 9.53 Å². The first-order valence-electron chi connectivity index (χ1n) is 7.30. The Morgan fingerprint density at radius 2 is 1.80 bits per heavy atom. The highest BCUT2D eigenvalue weighted by molar-refractivity contribution is 5.84. The van der Waals surface area contributed by atoms with Gasteiger partial charge in [-0.1, -0.05) is 20.3 Å². The number of anilines is 2. The van der Waals surface area contributed by atoms with Crippen molar-refractivity contribution in [3.05, 3.63) is 24.3 Å². The van der Waals surface area contributed by atoms with Crippen molar-refractivity contribution in [2.24, 2.45) is 11.8 Å². The minimum Gasteiger partial charge on any atom is -0.453 e. The van der Waals surface area contributed by atoms with Gasteiger partial charge in [-0.15, -0.1) is 0 Å². The minimum absolute atomic E-state index is 0.444. The molecule has 3 unspecified atom stereocenters. The van der Waals surface area contributed by atoms with E-state index < -0.39 is 6.09 Å². The number of hydrogen-bond donors (Lipinski definition) is 2. The highest BCUT2D eigenvalue weighted by atomic mass is 16.5. The molecule has 1 aliphatic rings. The van der Waals surface area contributed by atoms with E-state index in [0.717, 1.165) is 17.3 Å². The van der Waals surface area contributed by atoms with Gasteiger partial charge in [0.25, 0.3) is 0 Å². The van der Waals surface area contributed by atoms with Crippen LogP contribution in [0.15, 0.2) is 24.3 Å². The summed E-state index contributed by atoms with van der Waals surface area (Å²) in [5, 5.41) is 6.26. The van der Waals surface area contributed by atoms with Crippen LogP contribution < -0.4 is 10.6 Å². The maximum Gasteiger partial charge on any atom is 0.411 e. The monoisotopic (exact) mass is 276 g/mol. The Morgan fingerprint density at radius 3 is 2.45 bits per heavy atom. The van der Waals surface area contributed by atoms with E-state index in [1.807, 2.05) is 24.3 Å². The van der Waals surface area contributed by atoms with Crippen LogP contribution >= 0.6 is 0 Å². The molecule has 4 nitrogen and oxygen atoms in total. The molecular weight excluding hydrogens is 252 g/mol. The molecule has 110 valence electrons. The highest BCUT2D eigenvalue weighted by Gasteiger charge is 2.25. The average Bonchev–Trinajstić information content (AvgIpc) is 2.45. The van der Waals surface area contributed by atoms with Gasteiger partial charge >= 0.3 is 6.09 Å². The molecule has 1 fully saturated rings. The molecular formula is C16H24N2O2. The third kappa shape index (κ3) is 3.89. The highest BCUT2D eigenvalue weighted by Crippen LogP contribution is 2.30. The van der Waals surface area contributed by atoms with Crippen LogP contribution in [-0.2, 0) is 4.74 Å². The summed E-state index contributed by atoms with van der Waals surface area (Å²) in [6.07, 6.45) is 3.41. The Bertz CT molecular complexity index is 444. The summed E-state index contributed by atoms with van der Waals surface area (Å²) in [7, 11) is 1.36. The van der Waals surface area contributed by atoms with E-state index in [2.05, 4.69) is 29.2 Å². The Morgan fingerprint density at radius 1 is 1.15 bits per heavy atom. The normalized spacial score (nSPS) is 25.9. The van der Waals surface area contributed by atoms with Gasteiger partial charge in [0, 0.05) is 17.4 Å². The van der Waals surface area contributed by atoms with Crippen LogP contribution in [-0.4, -0.2) is 19.2 Å². The summed E-state index contributed by atoms with van der Waals surface area (Å²) < 4.78 is 4.57. The molecule has 0 aliphatic heterocycles. The Kier molecular flexibility index (Phi) is 4.88. The number of carbonyl (C=O) groups excluding carboxylic acids is 1. The third-order valence-electron chi connectivity index (χ3n) is 4.13. The van der Waals surface area contributed by atoms with Gasteiger partial charge in [0.15, 0.2) is 0 Å². The van der Waals surface area contributed by atoms with E-state index in [9.17, 15) is 4.79 Å². The van der Waals surface area contributed by atoms with Crippen LogP contribution in [0.3, 0.4) is 0 Å². The second-order valence-corrected chi connectivity index (χ2v) is 5.84. The summed E-state index contributed by atoms with van der Waals surface area (Å²) in [5.41, 5.74) is 1.85. The second-order valence-electron chi connectivity index (χ2n) is 5.84. The summed E-state index contributed by atoms with van der Waals surface area (Å²) in [5.74, 6) is 1.50.